The van der Waals surface area contributed by atoms with Crippen LogP contribution in [0.5, 0.6) is 0 Å². The van der Waals surface area contributed by atoms with Crippen molar-refractivity contribution in [3.05, 3.63) is 42.0 Å². The van der Waals surface area contributed by atoms with E-state index in [1.54, 1.807) is 31.2 Å². The third-order valence-corrected chi connectivity index (χ3v) is 3.23. The number of hydrogen-bond donors (Lipinski definition) is 1. The van der Waals surface area contributed by atoms with Crippen LogP contribution in [0.4, 0.5) is 3.89 Å². The Hall–Kier alpha value is -1.55. The number of aliphatic carboxylic acids is 1. The van der Waals surface area contributed by atoms with E-state index >= 15 is 0 Å². The van der Waals surface area contributed by atoms with Gasteiger partial charge in [0.25, 0.3) is 0 Å². The molecule has 2 aromatic carbocycles. The van der Waals surface area contributed by atoms with Gasteiger partial charge in [-0.1, -0.05) is 24.3 Å². The van der Waals surface area contributed by atoms with Crippen molar-refractivity contribution in [3.63, 3.8) is 0 Å². The molecule has 0 aliphatic carbocycles. The average molecular weight is 250 g/mol. The zero-order valence-electron chi connectivity index (χ0n) is 9.18. The summed E-state index contributed by atoms with van der Waals surface area (Å²) in [5.41, 5.74) is 0.755. The second-order valence-electron chi connectivity index (χ2n) is 3.91. The number of carbonyl (C=O) groups is 1. The van der Waals surface area contributed by atoms with Crippen LogP contribution in [-0.4, -0.2) is 11.1 Å². The van der Waals surface area contributed by atoms with Crippen LogP contribution in [0.1, 0.15) is 18.4 Å². The molecule has 0 bridgehead atoms. The summed E-state index contributed by atoms with van der Waals surface area (Å²) in [6, 6.07) is 10.7. The normalized spacial score (nSPS) is 12.6. The van der Waals surface area contributed by atoms with Crippen LogP contribution < -0.4 is 0 Å². The van der Waals surface area contributed by atoms with E-state index in [1.807, 2.05) is 12.1 Å². The predicted molar refractivity (Wildman–Crippen MR) is 67.0 cm³/mol. The van der Waals surface area contributed by atoms with Gasteiger partial charge >= 0.3 is 5.97 Å². The molecule has 4 heteroatoms. The average Bonchev–Trinajstić information content (AvgIpc) is 2.36. The van der Waals surface area contributed by atoms with Crippen molar-refractivity contribution in [3.8, 4) is 0 Å². The van der Waals surface area contributed by atoms with Gasteiger partial charge in [0.05, 0.1) is 18.1 Å². The molecule has 0 aliphatic heterocycles. The van der Waals surface area contributed by atoms with Crippen molar-refractivity contribution in [2.24, 2.45) is 0 Å². The highest BCUT2D eigenvalue weighted by Crippen LogP contribution is 2.26. The Morgan fingerprint density at radius 2 is 1.88 bits per heavy atom. The smallest absolute Gasteiger partial charge is 0.310 e. The van der Waals surface area contributed by atoms with Gasteiger partial charge in [-0.15, -0.1) is 0 Å². The fourth-order valence-electron chi connectivity index (χ4n) is 1.70. The van der Waals surface area contributed by atoms with E-state index in [-0.39, 0.29) is 12.1 Å². The molecule has 0 spiro atoms. The van der Waals surface area contributed by atoms with Gasteiger partial charge in [-0.3, -0.25) is 4.79 Å². The van der Waals surface area contributed by atoms with Crippen LogP contribution in [0.3, 0.4) is 0 Å². The lowest BCUT2D eigenvalue weighted by atomic mass is 9.98. The Morgan fingerprint density at radius 3 is 2.53 bits per heavy atom. The van der Waals surface area contributed by atoms with Crippen molar-refractivity contribution >= 4 is 28.9 Å². The van der Waals surface area contributed by atoms with Crippen LogP contribution in [0.2, 0.25) is 0 Å². The van der Waals surface area contributed by atoms with Crippen LogP contribution in [0, 0.1) is 0 Å². The van der Waals surface area contributed by atoms with Crippen LogP contribution >= 0.6 is 12.1 Å². The van der Waals surface area contributed by atoms with Crippen LogP contribution in [0.25, 0.3) is 10.8 Å². The molecule has 0 saturated carbocycles. The minimum atomic E-state index is -0.847. The standard InChI is InChI=1S/C13H11FO2S/c1-8(13(15)16)9-2-3-11-7-12(17-14)5-4-10(11)6-9/h2-8H,1H3,(H,15,16)/t8-/m0/s1. The molecule has 0 radical (unpaired) electrons. The van der Waals surface area contributed by atoms with Gasteiger partial charge in [-0.25, -0.2) is 0 Å². The van der Waals surface area contributed by atoms with Gasteiger partial charge < -0.3 is 5.11 Å². The van der Waals surface area contributed by atoms with Crippen molar-refractivity contribution in [2.45, 2.75) is 17.7 Å². The maximum atomic E-state index is 12.4. The first-order valence-electron chi connectivity index (χ1n) is 5.17. The summed E-state index contributed by atoms with van der Waals surface area (Å²) in [7, 11) is 0. The zero-order chi connectivity index (χ0) is 12.4. The highest BCUT2D eigenvalue weighted by atomic mass is 32.2. The summed E-state index contributed by atoms with van der Waals surface area (Å²) in [5.74, 6) is -1.38. The summed E-state index contributed by atoms with van der Waals surface area (Å²) in [6.45, 7) is 1.65. The highest BCUT2D eigenvalue weighted by Gasteiger charge is 2.13. The molecule has 0 aliphatic rings. The first-order valence-corrected chi connectivity index (χ1v) is 5.88. The third kappa shape index (κ3) is 2.42. The first-order chi connectivity index (χ1) is 8.11. The number of benzene rings is 2. The van der Waals surface area contributed by atoms with Gasteiger partial charge in [0.2, 0.25) is 0 Å². The molecule has 0 amide bonds. The molecule has 17 heavy (non-hydrogen) atoms. The molecule has 1 atom stereocenters. The molecule has 0 heterocycles. The van der Waals surface area contributed by atoms with Gasteiger partial charge in [-0.2, -0.15) is 3.89 Å². The SMILES string of the molecule is C[C@H](C(=O)O)c1ccc2cc(SF)ccc2c1. The Bertz CT molecular complexity index is 568. The number of rotatable bonds is 3. The lowest BCUT2D eigenvalue weighted by molar-refractivity contribution is -0.138. The molecule has 0 unspecified atom stereocenters. The molecule has 1 N–H and O–H groups in total. The molecule has 2 nitrogen and oxygen atoms in total. The van der Waals surface area contributed by atoms with Gasteiger partial charge in [0, 0.05) is 4.90 Å². The van der Waals surface area contributed by atoms with E-state index < -0.39 is 11.9 Å². The van der Waals surface area contributed by atoms with Crippen LogP contribution in [-0.2, 0) is 4.79 Å². The van der Waals surface area contributed by atoms with Crippen molar-refractivity contribution in [2.75, 3.05) is 0 Å². The molecule has 2 aromatic rings. The molecular formula is C13H11FO2S. The van der Waals surface area contributed by atoms with Crippen molar-refractivity contribution < 1.29 is 13.8 Å². The molecule has 0 saturated heterocycles. The monoisotopic (exact) mass is 250 g/mol. The fourth-order valence-corrected chi connectivity index (χ4v) is 1.99. The number of fused-ring (bicyclic) bond motifs is 1. The molecule has 2 rings (SSSR count). The Labute approximate surface area is 103 Å². The van der Waals surface area contributed by atoms with E-state index in [1.165, 1.54) is 0 Å². The van der Waals surface area contributed by atoms with E-state index in [4.69, 9.17) is 5.11 Å². The van der Waals surface area contributed by atoms with Crippen LogP contribution in [0.15, 0.2) is 41.3 Å². The maximum Gasteiger partial charge on any atom is 0.310 e. The largest absolute Gasteiger partial charge is 0.481 e. The second-order valence-corrected chi connectivity index (χ2v) is 4.53. The summed E-state index contributed by atoms with van der Waals surface area (Å²) in [5, 5.41) is 10.8. The summed E-state index contributed by atoms with van der Waals surface area (Å²) >= 11 is 0.205. The van der Waals surface area contributed by atoms with E-state index in [2.05, 4.69) is 0 Å². The molecular weight excluding hydrogens is 239 g/mol. The fraction of sp³-hybridized carbons (Fsp3) is 0.154. The number of carboxylic acid groups (broad SMARTS) is 1. The summed E-state index contributed by atoms with van der Waals surface area (Å²) in [4.78, 5) is 11.4. The number of carboxylic acids is 1. The maximum absolute atomic E-state index is 12.4. The first kappa shape index (κ1) is 11.9. The van der Waals surface area contributed by atoms with Gasteiger partial charge in [-0.05, 0) is 35.4 Å². The quantitative estimate of drug-likeness (QED) is 0.894. The Kier molecular flexibility index (Phi) is 3.33. The summed E-state index contributed by atoms with van der Waals surface area (Å²) in [6.07, 6.45) is 0. The topological polar surface area (TPSA) is 37.3 Å². The Morgan fingerprint density at radius 1 is 1.24 bits per heavy atom. The van der Waals surface area contributed by atoms with Gasteiger partial charge in [0.15, 0.2) is 0 Å². The molecule has 0 fully saturated rings. The predicted octanol–water partition coefficient (Wildman–Crippen LogP) is 4.00. The third-order valence-electron chi connectivity index (χ3n) is 2.80. The Balaban J connectivity index is 2.48. The molecule has 0 aromatic heterocycles. The second kappa shape index (κ2) is 4.75. The zero-order valence-corrected chi connectivity index (χ0v) is 10.00. The van der Waals surface area contributed by atoms with Gasteiger partial charge in [0.1, 0.15) is 0 Å². The molecule has 88 valence electrons. The van der Waals surface area contributed by atoms with E-state index in [0.29, 0.717) is 4.90 Å². The van der Waals surface area contributed by atoms with Crippen molar-refractivity contribution in [1.82, 2.24) is 0 Å². The van der Waals surface area contributed by atoms with E-state index in [0.717, 1.165) is 16.3 Å². The minimum absolute atomic E-state index is 0.205. The minimum Gasteiger partial charge on any atom is -0.481 e. The number of halogens is 1. The van der Waals surface area contributed by atoms with Crippen molar-refractivity contribution in [1.29, 1.82) is 0 Å². The van der Waals surface area contributed by atoms with E-state index in [9.17, 15) is 8.68 Å². The number of hydrogen-bond acceptors (Lipinski definition) is 2. The highest BCUT2D eigenvalue weighted by molar-refractivity contribution is 7.94. The summed E-state index contributed by atoms with van der Waals surface area (Å²) < 4.78 is 12.4. The lowest BCUT2D eigenvalue weighted by Gasteiger charge is -2.08. The lowest BCUT2D eigenvalue weighted by Crippen LogP contribution is -2.06.